The first kappa shape index (κ1) is 29.1. The van der Waals surface area contributed by atoms with Gasteiger partial charge in [0.2, 0.25) is 0 Å². The number of aromatic nitrogens is 1. The zero-order valence-corrected chi connectivity index (χ0v) is 24.0. The summed E-state index contributed by atoms with van der Waals surface area (Å²) in [6, 6.07) is 3.97. The van der Waals surface area contributed by atoms with E-state index < -0.39 is 5.60 Å². The second-order valence-electron chi connectivity index (χ2n) is 11.2. The van der Waals surface area contributed by atoms with Crippen molar-refractivity contribution in [1.82, 2.24) is 9.88 Å². The van der Waals surface area contributed by atoms with Crippen molar-refractivity contribution in [2.45, 2.75) is 77.2 Å². The quantitative estimate of drug-likeness (QED) is 0.280. The van der Waals surface area contributed by atoms with Crippen molar-refractivity contribution in [1.29, 1.82) is 0 Å². The van der Waals surface area contributed by atoms with E-state index in [4.69, 9.17) is 21.0 Å². The summed E-state index contributed by atoms with van der Waals surface area (Å²) in [7, 11) is 4.15. The topological polar surface area (TPSA) is 80.4 Å². The van der Waals surface area contributed by atoms with Crippen LogP contribution in [0.4, 0.5) is 5.69 Å². The van der Waals surface area contributed by atoms with E-state index in [1.807, 2.05) is 12.1 Å². The van der Waals surface area contributed by atoms with E-state index in [-0.39, 0.29) is 11.7 Å². The van der Waals surface area contributed by atoms with Gasteiger partial charge in [-0.05, 0) is 69.4 Å². The highest BCUT2D eigenvalue weighted by Gasteiger charge is 2.38. The van der Waals surface area contributed by atoms with Gasteiger partial charge in [0.05, 0.1) is 17.1 Å². The minimum Gasteiger partial charge on any atom is -0.381 e. The molecule has 1 amide bonds. The van der Waals surface area contributed by atoms with Crippen LogP contribution in [0.1, 0.15) is 83.0 Å². The maximum Gasteiger partial charge on any atom is 0.294 e. The van der Waals surface area contributed by atoms with Gasteiger partial charge >= 0.3 is 0 Å². The number of ether oxygens (including phenoxy) is 2. The fraction of sp³-hybridized carbons (Fsp3) is 0.613. The number of rotatable bonds is 11. The maximum absolute atomic E-state index is 13.1. The number of hydrogen-bond donors (Lipinski definition) is 1. The van der Waals surface area contributed by atoms with Gasteiger partial charge in [0.15, 0.2) is 5.71 Å². The standard InChI is InChI=1S/C31H43N5O3/c1-6-30(7-2)15-13-23(14-16-30)28-24(34-29(37)25-10-12-27(32-3)33-25)9-11-26(35-28)31(17-21-38-22-18-31)39-20-8-19-36(4)5/h9,11-13H,6-8,10,14-22H2,1-2,4-5H3,(H,34,37). The lowest BCUT2D eigenvalue weighted by molar-refractivity contribution is -0.120. The summed E-state index contributed by atoms with van der Waals surface area (Å²) in [5.41, 5.74) is 3.77. The van der Waals surface area contributed by atoms with Crippen molar-refractivity contribution in [3.8, 4) is 0 Å². The maximum atomic E-state index is 13.1. The largest absolute Gasteiger partial charge is 0.381 e. The summed E-state index contributed by atoms with van der Waals surface area (Å²) < 4.78 is 12.3. The molecule has 0 saturated carbocycles. The Hall–Kier alpha value is -2.86. The van der Waals surface area contributed by atoms with Crippen LogP contribution in [0.5, 0.6) is 0 Å². The fourth-order valence-electron chi connectivity index (χ4n) is 5.76. The second-order valence-corrected chi connectivity index (χ2v) is 11.2. The molecule has 1 aromatic rings. The summed E-state index contributed by atoms with van der Waals surface area (Å²) in [5, 5.41) is 3.07. The Labute approximate surface area is 233 Å². The summed E-state index contributed by atoms with van der Waals surface area (Å²) in [5.74, 6) is -0.0125. The number of anilines is 1. The Morgan fingerprint density at radius 1 is 1.18 bits per heavy atom. The third kappa shape index (κ3) is 6.84. The molecule has 1 saturated heterocycles. The van der Waals surface area contributed by atoms with Crippen molar-refractivity contribution in [2.24, 2.45) is 10.4 Å². The molecule has 39 heavy (non-hydrogen) atoms. The molecule has 2 aliphatic heterocycles. The Morgan fingerprint density at radius 2 is 1.95 bits per heavy atom. The van der Waals surface area contributed by atoms with E-state index in [2.05, 4.69) is 54.1 Å². The van der Waals surface area contributed by atoms with Gasteiger partial charge in [-0.25, -0.2) is 4.98 Å². The van der Waals surface area contributed by atoms with Crippen LogP contribution >= 0.6 is 0 Å². The van der Waals surface area contributed by atoms with E-state index in [0.29, 0.717) is 43.1 Å². The smallest absolute Gasteiger partial charge is 0.294 e. The van der Waals surface area contributed by atoms with Gasteiger partial charge in [-0.1, -0.05) is 45.4 Å². The Morgan fingerprint density at radius 3 is 2.56 bits per heavy atom. The predicted molar refractivity (Wildman–Crippen MR) is 155 cm³/mol. The molecule has 1 aromatic heterocycles. The van der Waals surface area contributed by atoms with Crippen molar-refractivity contribution in [3.05, 3.63) is 52.9 Å². The molecule has 0 spiro atoms. The van der Waals surface area contributed by atoms with Crippen LogP contribution in [0.2, 0.25) is 0 Å². The van der Waals surface area contributed by atoms with E-state index in [9.17, 15) is 4.79 Å². The van der Waals surface area contributed by atoms with Crippen molar-refractivity contribution < 1.29 is 14.3 Å². The van der Waals surface area contributed by atoms with Crippen LogP contribution in [-0.4, -0.2) is 62.0 Å². The molecule has 0 bridgehead atoms. The molecule has 0 radical (unpaired) electrons. The molecule has 3 heterocycles. The van der Waals surface area contributed by atoms with Gasteiger partial charge in [0.1, 0.15) is 5.60 Å². The number of amides is 1. The summed E-state index contributed by atoms with van der Waals surface area (Å²) in [4.78, 5) is 28.1. The fourth-order valence-corrected chi connectivity index (χ4v) is 5.76. The number of carbonyl (C=O) groups excluding carboxylic acids is 1. The molecule has 8 nitrogen and oxygen atoms in total. The molecule has 4 rings (SSSR count). The van der Waals surface area contributed by atoms with Crippen molar-refractivity contribution in [3.63, 3.8) is 0 Å². The highest BCUT2D eigenvalue weighted by molar-refractivity contribution is 6.44. The molecule has 1 fully saturated rings. The SMILES string of the molecule is [C-]#[N+]C1=CCC(C(=O)Nc2ccc(C3(OCCCN(C)C)CCOCC3)nc2C2=CCC(CC)(CC)CC2)=N1. The summed E-state index contributed by atoms with van der Waals surface area (Å²) in [6.07, 6.45) is 12.2. The number of allylic oxidation sites excluding steroid dienone is 3. The molecule has 0 unspecified atom stereocenters. The third-order valence-electron chi connectivity index (χ3n) is 8.65. The third-order valence-corrected chi connectivity index (χ3v) is 8.65. The van der Waals surface area contributed by atoms with E-state index in [1.54, 1.807) is 6.08 Å². The molecular formula is C31H43N5O3. The Bertz CT molecular complexity index is 1170. The van der Waals surface area contributed by atoms with Crippen LogP contribution in [0, 0.1) is 12.0 Å². The molecule has 1 aliphatic carbocycles. The molecule has 8 heteroatoms. The summed E-state index contributed by atoms with van der Waals surface area (Å²) >= 11 is 0. The summed E-state index contributed by atoms with van der Waals surface area (Å²) in [6.45, 7) is 14.6. The van der Waals surface area contributed by atoms with Crippen LogP contribution in [0.3, 0.4) is 0 Å². The predicted octanol–water partition coefficient (Wildman–Crippen LogP) is 5.97. The average molecular weight is 534 g/mol. The highest BCUT2D eigenvalue weighted by atomic mass is 16.5. The highest BCUT2D eigenvalue weighted by Crippen LogP contribution is 2.45. The van der Waals surface area contributed by atoms with Crippen molar-refractivity contribution in [2.75, 3.05) is 45.8 Å². The van der Waals surface area contributed by atoms with E-state index in [0.717, 1.165) is 69.3 Å². The molecule has 3 aliphatic rings. The van der Waals surface area contributed by atoms with Gasteiger partial charge < -0.3 is 24.5 Å². The van der Waals surface area contributed by atoms with Gasteiger partial charge in [-0.15, -0.1) is 4.99 Å². The number of hydrogen-bond acceptors (Lipinski definition) is 6. The minimum atomic E-state index is -0.502. The number of carbonyl (C=O) groups is 1. The van der Waals surface area contributed by atoms with Crippen LogP contribution in [-0.2, 0) is 19.9 Å². The first-order valence-electron chi connectivity index (χ1n) is 14.4. The molecule has 210 valence electrons. The lowest BCUT2D eigenvalue weighted by Gasteiger charge is -2.38. The molecule has 0 atom stereocenters. The zero-order valence-electron chi connectivity index (χ0n) is 24.0. The van der Waals surface area contributed by atoms with Crippen molar-refractivity contribution >= 4 is 22.9 Å². The second kappa shape index (κ2) is 13.0. The Kier molecular flexibility index (Phi) is 9.71. The number of aliphatic imine (C=N–C) groups is 1. The number of nitrogens with one attached hydrogen (secondary N) is 1. The average Bonchev–Trinajstić information content (AvgIpc) is 3.46. The van der Waals surface area contributed by atoms with Crippen LogP contribution < -0.4 is 5.32 Å². The lowest BCUT2D eigenvalue weighted by atomic mass is 9.71. The van der Waals surface area contributed by atoms with E-state index >= 15 is 0 Å². The monoisotopic (exact) mass is 533 g/mol. The first-order valence-corrected chi connectivity index (χ1v) is 14.4. The Balaban J connectivity index is 1.66. The van der Waals surface area contributed by atoms with Gasteiger partial charge in [0, 0.05) is 39.1 Å². The number of pyridine rings is 1. The van der Waals surface area contributed by atoms with Crippen LogP contribution in [0.25, 0.3) is 10.4 Å². The molecule has 0 aromatic carbocycles. The molecular weight excluding hydrogens is 490 g/mol. The number of nitrogens with zero attached hydrogens (tertiary/aromatic N) is 4. The van der Waals surface area contributed by atoms with Gasteiger partial charge in [-0.2, -0.15) is 0 Å². The van der Waals surface area contributed by atoms with E-state index in [1.165, 1.54) is 5.57 Å². The van der Waals surface area contributed by atoms with Gasteiger partial charge in [-0.3, -0.25) is 4.79 Å². The zero-order chi connectivity index (χ0) is 27.9. The first-order chi connectivity index (χ1) is 18.8. The normalized spacial score (nSPS) is 20.2. The minimum absolute atomic E-state index is 0.271. The van der Waals surface area contributed by atoms with Crippen LogP contribution in [0.15, 0.2) is 35.1 Å². The lowest BCUT2D eigenvalue weighted by Crippen LogP contribution is -2.38. The molecule has 1 N–H and O–H groups in total. The van der Waals surface area contributed by atoms with Gasteiger partial charge in [0.25, 0.3) is 11.7 Å².